The molecule has 0 saturated carbocycles. The van der Waals surface area contributed by atoms with Gasteiger partial charge in [0.1, 0.15) is 11.6 Å². The van der Waals surface area contributed by atoms with Crippen LogP contribution in [0.4, 0.5) is 8.78 Å². The van der Waals surface area contributed by atoms with E-state index in [1.807, 2.05) is 37.3 Å². The van der Waals surface area contributed by atoms with Crippen LogP contribution in [0, 0.1) is 11.6 Å². The van der Waals surface area contributed by atoms with Gasteiger partial charge in [-0.3, -0.25) is 14.2 Å². The zero-order chi connectivity index (χ0) is 24.1. The molecule has 0 bridgehead atoms. The number of carbonyl (C=O) groups is 1. The Morgan fingerprint density at radius 1 is 1.06 bits per heavy atom. The van der Waals surface area contributed by atoms with Crippen LogP contribution in [-0.2, 0) is 11.2 Å². The SMILES string of the molecule is CC(CCc1ccccc1)NC(=O)CSc1nc2ccccc2c(=O)n1-c1ccc(F)cc1F. The van der Waals surface area contributed by atoms with Crippen molar-refractivity contribution in [3.63, 3.8) is 0 Å². The summed E-state index contributed by atoms with van der Waals surface area (Å²) in [4.78, 5) is 30.2. The molecule has 8 heteroatoms. The number of amides is 1. The summed E-state index contributed by atoms with van der Waals surface area (Å²) in [7, 11) is 0. The number of carbonyl (C=O) groups excluding carboxylic acids is 1. The molecule has 1 heterocycles. The fourth-order valence-electron chi connectivity index (χ4n) is 3.63. The number of halogens is 2. The topological polar surface area (TPSA) is 64.0 Å². The van der Waals surface area contributed by atoms with E-state index in [0.29, 0.717) is 17.0 Å². The first-order valence-corrected chi connectivity index (χ1v) is 11.8. The molecule has 34 heavy (non-hydrogen) atoms. The Morgan fingerprint density at radius 2 is 1.79 bits per heavy atom. The number of para-hydroxylation sites is 1. The lowest BCUT2D eigenvalue weighted by Gasteiger charge is -2.16. The molecule has 5 nitrogen and oxygen atoms in total. The van der Waals surface area contributed by atoms with Gasteiger partial charge in [-0.1, -0.05) is 54.2 Å². The molecule has 3 aromatic carbocycles. The summed E-state index contributed by atoms with van der Waals surface area (Å²) in [5.41, 5.74) is 1.02. The minimum absolute atomic E-state index is 0.0106. The zero-order valence-electron chi connectivity index (χ0n) is 18.5. The van der Waals surface area contributed by atoms with Crippen LogP contribution >= 0.6 is 11.8 Å². The molecule has 4 rings (SSSR count). The van der Waals surface area contributed by atoms with Crippen molar-refractivity contribution in [3.8, 4) is 5.69 Å². The third kappa shape index (κ3) is 5.51. The molecule has 0 spiro atoms. The molecule has 174 valence electrons. The lowest BCUT2D eigenvalue weighted by atomic mass is 10.1. The summed E-state index contributed by atoms with van der Waals surface area (Å²) in [6.07, 6.45) is 1.62. The second kappa shape index (κ2) is 10.6. The first kappa shape index (κ1) is 23.6. The van der Waals surface area contributed by atoms with Gasteiger partial charge in [0.15, 0.2) is 5.16 Å². The summed E-state index contributed by atoms with van der Waals surface area (Å²) >= 11 is 1.03. The molecule has 0 aliphatic carbocycles. The van der Waals surface area contributed by atoms with Crippen molar-refractivity contribution in [2.75, 3.05) is 5.75 Å². The van der Waals surface area contributed by atoms with E-state index in [1.165, 1.54) is 11.6 Å². The van der Waals surface area contributed by atoms with E-state index in [2.05, 4.69) is 10.3 Å². The number of benzene rings is 3. The Balaban J connectivity index is 1.53. The summed E-state index contributed by atoms with van der Waals surface area (Å²) in [5, 5.41) is 3.41. The zero-order valence-corrected chi connectivity index (χ0v) is 19.3. The number of nitrogens with one attached hydrogen (secondary N) is 1. The number of nitrogens with zero attached hydrogens (tertiary/aromatic N) is 2. The van der Waals surface area contributed by atoms with Crippen LogP contribution in [0.2, 0.25) is 0 Å². The quantitative estimate of drug-likeness (QED) is 0.289. The molecular formula is C26H23F2N3O2S. The number of thioether (sulfide) groups is 1. The average molecular weight is 480 g/mol. The smallest absolute Gasteiger partial charge is 0.266 e. The van der Waals surface area contributed by atoms with Crippen molar-refractivity contribution < 1.29 is 13.6 Å². The Bertz CT molecular complexity index is 1380. The van der Waals surface area contributed by atoms with Crippen LogP contribution in [-0.4, -0.2) is 27.3 Å². The van der Waals surface area contributed by atoms with Gasteiger partial charge in [-0.15, -0.1) is 0 Å². The van der Waals surface area contributed by atoms with E-state index >= 15 is 0 Å². The number of rotatable bonds is 8. The van der Waals surface area contributed by atoms with Gasteiger partial charge in [0.05, 0.1) is 22.3 Å². The highest BCUT2D eigenvalue weighted by molar-refractivity contribution is 7.99. The van der Waals surface area contributed by atoms with Gasteiger partial charge in [-0.05, 0) is 49.6 Å². The molecule has 1 N–H and O–H groups in total. The normalized spacial score (nSPS) is 12.0. The van der Waals surface area contributed by atoms with Gasteiger partial charge in [0, 0.05) is 12.1 Å². The minimum Gasteiger partial charge on any atom is -0.353 e. The van der Waals surface area contributed by atoms with E-state index in [9.17, 15) is 18.4 Å². The Kier molecular flexibility index (Phi) is 7.37. The summed E-state index contributed by atoms with van der Waals surface area (Å²) in [6, 6.07) is 19.7. The Hall–Kier alpha value is -3.52. The highest BCUT2D eigenvalue weighted by Gasteiger charge is 2.18. The molecule has 0 saturated heterocycles. The number of aryl methyl sites for hydroxylation is 1. The van der Waals surface area contributed by atoms with Crippen molar-refractivity contribution in [2.24, 2.45) is 0 Å². The molecule has 1 amide bonds. The molecule has 0 aliphatic heterocycles. The standard InChI is InChI=1S/C26H23F2N3O2S/c1-17(11-12-18-7-3-2-4-8-18)29-24(32)16-34-26-30-22-10-6-5-9-20(22)25(33)31(26)23-14-13-19(27)15-21(23)28/h2-10,13-15,17H,11-12,16H2,1H3,(H,29,32). The maximum absolute atomic E-state index is 14.6. The molecule has 1 unspecified atom stereocenters. The maximum Gasteiger partial charge on any atom is 0.266 e. The summed E-state index contributed by atoms with van der Waals surface area (Å²) < 4.78 is 29.1. The van der Waals surface area contributed by atoms with E-state index in [-0.39, 0.29) is 28.5 Å². The first-order valence-electron chi connectivity index (χ1n) is 10.9. The maximum atomic E-state index is 14.6. The second-order valence-electron chi connectivity index (χ2n) is 7.93. The molecular weight excluding hydrogens is 456 g/mol. The van der Waals surface area contributed by atoms with Crippen LogP contribution in [0.5, 0.6) is 0 Å². The first-order chi connectivity index (χ1) is 16.4. The number of fused-ring (bicyclic) bond motifs is 1. The predicted octanol–water partition coefficient (Wildman–Crippen LogP) is 4.89. The van der Waals surface area contributed by atoms with Gasteiger partial charge >= 0.3 is 0 Å². The Labute approximate surface area is 199 Å². The van der Waals surface area contributed by atoms with Crippen molar-refractivity contribution in [1.82, 2.24) is 14.9 Å². The van der Waals surface area contributed by atoms with Gasteiger partial charge < -0.3 is 5.32 Å². The fraction of sp³-hybridized carbons (Fsp3) is 0.192. The molecule has 1 aromatic heterocycles. The average Bonchev–Trinajstić information content (AvgIpc) is 2.83. The lowest BCUT2D eigenvalue weighted by molar-refractivity contribution is -0.119. The highest BCUT2D eigenvalue weighted by atomic mass is 32.2. The van der Waals surface area contributed by atoms with Crippen molar-refractivity contribution >= 4 is 28.6 Å². The van der Waals surface area contributed by atoms with E-state index in [4.69, 9.17) is 0 Å². The van der Waals surface area contributed by atoms with Gasteiger partial charge in [0.2, 0.25) is 5.91 Å². The van der Waals surface area contributed by atoms with E-state index < -0.39 is 17.2 Å². The summed E-state index contributed by atoms with van der Waals surface area (Å²) in [5.74, 6) is -1.87. The van der Waals surface area contributed by atoms with Gasteiger partial charge in [0.25, 0.3) is 5.56 Å². The Morgan fingerprint density at radius 3 is 2.56 bits per heavy atom. The molecule has 4 aromatic rings. The number of aromatic nitrogens is 2. The third-order valence-corrected chi connectivity index (χ3v) is 6.28. The molecule has 0 radical (unpaired) electrons. The van der Waals surface area contributed by atoms with Crippen molar-refractivity contribution in [2.45, 2.75) is 31.0 Å². The number of hydrogen-bond donors (Lipinski definition) is 1. The predicted molar refractivity (Wildman–Crippen MR) is 130 cm³/mol. The number of hydrogen-bond acceptors (Lipinski definition) is 4. The van der Waals surface area contributed by atoms with E-state index in [0.717, 1.165) is 35.2 Å². The van der Waals surface area contributed by atoms with Crippen LogP contribution in [0.1, 0.15) is 18.9 Å². The largest absolute Gasteiger partial charge is 0.353 e. The van der Waals surface area contributed by atoms with Crippen LogP contribution in [0.15, 0.2) is 82.7 Å². The second-order valence-corrected chi connectivity index (χ2v) is 8.87. The van der Waals surface area contributed by atoms with E-state index in [1.54, 1.807) is 24.3 Å². The molecule has 0 fully saturated rings. The summed E-state index contributed by atoms with van der Waals surface area (Å²) in [6.45, 7) is 1.93. The highest BCUT2D eigenvalue weighted by Crippen LogP contribution is 2.23. The van der Waals surface area contributed by atoms with Crippen LogP contribution < -0.4 is 10.9 Å². The lowest BCUT2D eigenvalue weighted by Crippen LogP contribution is -2.34. The third-order valence-electron chi connectivity index (χ3n) is 5.34. The van der Waals surface area contributed by atoms with Crippen molar-refractivity contribution in [3.05, 3.63) is 100 Å². The van der Waals surface area contributed by atoms with Crippen molar-refractivity contribution in [1.29, 1.82) is 0 Å². The van der Waals surface area contributed by atoms with Crippen LogP contribution in [0.3, 0.4) is 0 Å². The van der Waals surface area contributed by atoms with Gasteiger partial charge in [-0.25, -0.2) is 13.8 Å². The fourth-order valence-corrected chi connectivity index (χ4v) is 4.45. The molecule has 0 aliphatic rings. The molecule has 1 atom stereocenters. The monoisotopic (exact) mass is 479 g/mol. The minimum atomic E-state index is -0.889. The van der Waals surface area contributed by atoms with Gasteiger partial charge in [-0.2, -0.15) is 0 Å². The van der Waals surface area contributed by atoms with Crippen LogP contribution in [0.25, 0.3) is 16.6 Å².